The van der Waals surface area contributed by atoms with Crippen LogP contribution in [0.15, 0.2) is 42.5 Å². The Labute approximate surface area is 101 Å². The minimum absolute atomic E-state index is 0.268. The summed E-state index contributed by atoms with van der Waals surface area (Å²) >= 11 is 0. The Morgan fingerprint density at radius 1 is 0.824 bits per heavy atom. The van der Waals surface area contributed by atoms with Gasteiger partial charge in [-0.2, -0.15) is 0 Å². The molecule has 1 heteroatoms. The molecule has 0 bridgehead atoms. The molecule has 84 valence electrons. The molecule has 0 heterocycles. The van der Waals surface area contributed by atoms with Crippen molar-refractivity contribution in [3.63, 3.8) is 0 Å². The summed E-state index contributed by atoms with van der Waals surface area (Å²) < 4.78 is 0. The van der Waals surface area contributed by atoms with E-state index in [1.807, 2.05) is 0 Å². The second-order valence-corrected chi connectivity index (χ2v) is 5.04. The summed E-state index contributed by atoms with van der Waals surface area (Å²) in [6.45, 7) is 0. The molecule has 4 rings (SSSR count). The number of hydrogen-bond donors (Lipinski definition) is 1. The molecule has 0 radical (unpaired) electrons. The third-order valence-electron chi connectivity index (χ3n) is 4.20. The normalized spacial score (nSPS) is 24.3. The van der Waals surface area contributed by atoms with E-state index in [0.29, 0.717) is 5.92 Å². The Hall–Kier alpha value is -1.60. The first-order chi connectivity index (χ1) is 8.36. The minimum atomic E-state index is -0.268. The molecule has 0 aliphatic heterocycles. The van der Waals surface area contributed by atoms with Gasteiger partial charge in [-0.3, -0.25) is 0 Å². The average Bonchev–Trinajstić information content (AvgIpc) is 2.70. The zero-order valence-electron chi connectivity index (χ0n) is 9.56. The Bertz CT molecular complexity index is 600. The topological polar surface area (TPSA) is 20.2 Å². The van der Waals surface area contributed by atoms with Gasteiger partial charge in [0, 0.05) is 5.92 Å². The van der Waals surface area contributed by atoms with Crippen molar-refractivity contribution in [3.8, 4) is 11.1 Å². The van der Waals surface area contributed by atoms with E-state index in [2.05, 4.69) is 42.5 Å². The molecule has 2 aliphatic rings. The lowest BCUT2D eigenvalue weighted by Gasteiger charge is -2.26. The van der Waals surface area contributed by atoms with Gasteiger partial charge in [-0.15, -0.1) is 0 Å². The van der Waals surface area contributed by atoms with E-state index >= 15 is 0 Å². The molecule has 17 heavy (non-hydrogen) atoms. The highest BCUT2D eigenvalue weighted by Crippen LogP contribution is 2.52. The lowest BCUT2D eigenvalue weighted by Crippen LogP contribution is -2.12. The molecule has 0 spiro atoms. The van der Waals surface area contributed by atoms with E-state index in [1.54, 1.807) is 0 Å². The molecule has 0 saturated carbocycles. The fourth-order valence-electron chi connectivity index (χ4n) is 3.48. The van der Waals surface area contributed by atoms with Crippen molar-refractivity contribution in [2.24, 2.45) is 0 Å². The van der Waals surface area contributed by atoms with Crippen LogP contribution in [0, 0.1) is 0 Å². The molecular formula is C16H14O. The van der Waals surface area contributed by atoms with Crippen LogP contribution >= 0.6 is 0 Å². The zero-order chi connectivity index (χ0) is 11.4. The highest BCUT2D eigenvalue weighted by atomic mass is 16.3. The molecular weight excluding hydrogens is 208 g/mol. The first-order valence-electron chi connectivity index (χ1n) is 6.26. The van der Waals surface area contributed by atoms with Crippen LogP contribution in [-0.4, -0.2) is 5.11 Å². The van der Waals surface area contributed by atoms with E-state index in [0.717, 1.165) is 18.4 Å². The van der Waals surface area contributed by atoms with Crippen LogP contribution in [0.3, 0.4) is 0 Å². The number of fused-ring (bicyclic) bond motifs is 3. The summed E-state index contributed by atoms with van der Waals surface area (Å²) in [6, 6.07) is 15.0. The molecule has 0 aromatic heterocycles. The van der Waals surface area contributed by atoms with Crippen LogP contribution in [-0.2, 0) is 0 Å². The summed E-state index contributed by atoms with van der Waals surface area (Å²) in [6.07, 6.45) is 1.69. The van der Waals surface area contributed by atoms with Gasteiger partial charge in [-0.25, -0.2) is 0 Å². The fourth-order valence-corrected chi connectivity index (χ4v) is 3.48. The molecule has 2 aliphatic carbocycles. The minimum Gasteiger partial charge on any atom is -0.388 e. The molecule has 2 unspecified atom stereocenters. The molecule has 1 nitrogen and oxygen atoms in total. The maximum absolute atomic E-state index is 10.1. The molecule has 2 atom stereocenters. The largest absolute Gasteiger partial charge is 0.388 e. The highest BCUT2D eigenvalue weighted by molar-refractivity contribution is 5.80. The predicted molar refractivity (Wildman–Crippen MR) is 67.9 cm³/mol. The smallest absolute Gasteiger partial charge is 0.0793 e. The van der Waals surface area contributed by atoms with Gasteiger partial charge in [0.15, 0.2) is 0 Å². The van der Waals surface area contributed by atoms with Crippen LogP contribution in [0.1, 0.15) is 41.6 Å². The lowest BCUT2D eigenvalue weighted by molar-refractivity contribution is 0.154. The third-order valence-corrected chi connectivity index (χ3v) is 4.20. The quantitative estimate of drug-likeness (QED) is 0.721. The van der Waals surface area contributed by atoms with Gasteiger partial charge in [0.05, 0.1) is 6.10 Å². The molecule has 2 aromatic rings. The van der Waals surface area contributed by atoms with Gasteiger partial charge < -0.3 is 5.11 Å². The Kier molecular flexibility index (Phi) is 1.78. The van der Waals surface area contributed by atoms with E-state index in [-0.39, 0.29) is 6.10 Å². The van der Waals surface area contributed by atoms with Crippen molar-refractivity contribution < 1.29 is 5.11 Å². The summed E-state index contributed by atoms with van der Waals surface area (Å²) in [4.78, 5) is 0. The summed E-state index contributed by atoms with van der Waals surface area (Å²) in [5, 5.41) is 10.1. The van der Waals surface area contributed by atoms with Gasteiger partial charge in [-0.05, 0) is 40.7 Å². The van der Waals surface area contributed by atoms with Crippen molar-refractivity contribution >= 4 is 0 Å². The number of rotatable bonds is 0. The second-order valence-electron chi connectivity index (χ2n) is 5.04. The monoisotopic (exact) mass is 222 g/mol. The van der Waals surface area contributed by atoms with Crippen LogP contribution in [0.25, 0.3) is 11.1 Å². The standard InChI is InChI=1S/C16H14O/c17-15-9-8-13-11-5-2-1-4-10(11)12-6-3-7-14(15)16(12)13/h1-7,13,15,17H,8-9H2. The third kappa shape index (κ3) is 1.12. The predicted octanol–water partition coefficient (Wildman–Crippen LogP) is 3.63. The van der Waals surface area contributed by atoms with Crippen molar-refractivity contribution in [3.05, 3.63) is 59.2 Å². The summed E-state index contributed by atoms with van der Waals surface area (Å²) in [5.74, 6) is 0.515. The Morgan fingerprint density at radius 2 is 1.59 bits per heavy atom. The van der Waals surface area contributed by atoms with Crippen molar-refractivity contribution in [1.29, 1.82) is 0 Å². The highest BCUT2D eigenvalue weighted by Gasteiger charge is 2.35. The van der Waals surface area contributed by atoms with Crippen LogP contribution in [0.2, 0.25) is 0 Å². The van der Waals surface area contributed by atoms with Crippen LogP contribution < -0.4 is 0 Å². The summed E-state index contributed by atoms with van der Waals surface area (Å²) in [7, 11) is 0. The van der Waals surface area contributed by atoms with Gasteiger partial charge in [0.1, 0.15) is 0 Å². The number of benzene rings is 2. The lowest BCUT2D eigenvalue weighted by atomic mass is 9.81. The van der Waals surface area contributed by atoms with Gasteiger partial charge in [0.2, 0.25) is 0 Å². The molecule has 1 N–H and O–H groups in total. The first-order valence-corrected chi connectivity index (χ1v) is 6.26. The molecule has 0 fully saturated rings. The Balaban J connectivity index is 2.08. The van der Waals surface area contributed by atoms with Crippen molar-refractivity contribution in [1.82, 2.24) is 0 Å². The molecule has 0 amide bonds. The van der Waals surface area contributed by atoms with E-state index in [4.69, 9.17) is 0 Å². The van der Waals surface area contributed by atoms with Gasteiger partial charge in [0.25, 0.3) is 0 Å². The van der Waals surface area contributed by atoms with Crippen molar-refractivity contribution in [2.75, 3.05) is 0 Å². The fraction of sp³-hybridized carbons (Fsp3) is 0.250. The van der Waals surface area contributed by atoms with Gasteiger partial charge in [-0.1, -0.05) is 42.5 Å². The van der Waals surface area contributed by atoms with Crippen LogP contribution in [0.4, 0.5) is 0 Å². The number of aliphatic hydroxyl groups excluding tert-OH is 1. The molecule has 2 aromatic carbocycles. The van der Waals surface area contributed by atoms with E-state index < -0.39 is 0 Å². The van der Waals surface area contributed by atoms with E-state index in [9.17, 15) is 5.11 Å². The SMILES string of the molecule is OC1CCC2c3ccccc3-c3cccc1c32. The average molecular weight is 222 g/mol. The number of hydrogen-bond acceptors (Lipinski definition) is 1. The maximum Gasteiger partial charge on any atom is 0.0793 e. The van der Waals surface area contributed by atoms with Crippen molar-refractivity contribution in [2.45, 2.75) is 24.9 Å². The molecule has 0 saturated heterocycles. The van der Waals surface area contributed by atoms with Crippen LogP contribution in [0.5, 0.6) is 0 Å². The Morgan fingerprint density at radius 3 is 2.53 bits per heavy atom. The summed E-state index contributed by atoms with van der Waals surface area (Å²) in [5.41, 5.74) is 6.68. The zero-order valence-corrected chi connectivity index (χ0v) is 9.56. The first kappa shape index (κ1) is 9.43. The maximum atomic E-state index is 10.1. The second kappa shape index (κ2) is 3.21. The number of aliphatic hydroxyl groups is 1. The van der Waals surface area contributed by atoms with E-state index in [1.165, 1.54) is 22.3 Å². The van der Waals surface area contributed by atoms with Gasteiger partial charge >= 0.3 is 0 Å².